The van der Waals surface area contributed by atoms with Crippen molar-refractivity contribution in [2.24, 2.45) is 0 Å². The summed E-state index contributed by atoms with van der Waals surface area (Å²) in [6.45, 7) is 2.24. The first-order valence-corrected chi connectivity index (χ1v) is 6.44. The largest absolute Gasteiger partial charge is 0.123 e. The standard InChI is InChI=1S/C14H21Cl/c1-2-3-4-8-11-14(15)12-13-9-6-5-7-10-13/h5-7,9-10,14H,2-4,8,11-12H2,1H3. The van der Waals surface area contributed by atoms with E-state index in [2.05, 4.69) is 31.2 Å². The van der Waals surface area contributed by atoms with Gasteiger partial charge < -0.3 is 0 Å². The SMILES string of the molecule is CCCCCCC(Cl)Cc1ccccc1. The fourth-order valence-electron chi connectivity index (χ4n) is 1.76. The van der Waals surface area contributed by atoms with Crippen molar-refractivity contribution >= 4 is 11.6 Å². The predicted octanol–water partition coefficient (Wildman–Crippen LogP) is 4.81. The summed E-state index contributed by atoms with van der Waals surface area (Å²) in [5.41, 5.74) is 1.35. The molecule has 1 aromatic rings. The summed E-state index contributed by atoms with van der Waals surface area (Å²) in [5.74, 6) is 0. The molecule has 0 spiro atoms. The molecular formula is C14H21Cl. The smallest absolute Gasteiger partial charge is 0.0376 e. The summed E-state index contributed by atoms with van der Waals surface area (Å²) in [7, 11) is 0. The fourth-order valence-corrected chi connectivity index (χ4v) is 2.10. The summed E-state index contributed by atoms with van der Waals surface area (Å²) in [6, 6.07) is 10.5. The maximum Gasteiger partial charge on any atom is 0.0376 e. The second-order valence-electron chi connectivity index (χ2n) is 4.14. The van der Waals surface area contributed by atoms with E-state index in [1.807, 2.05) is 6.07 Å². The summed E-state index contributed by atoms with van der Waals surface area (Å²) in [6.07, 6.45) is 7.40. The van der Waals surface area contributed by atoms with Crippen LogP contribution in [-0.4, -0.2) is 5.38 Å². The Morgan fingerprint density at radius 2 is 1.80 bits per heavy atom. The third-order valence-electron chi connectivity index (χ3n) is 2.67. The molecule has 15 heavy (non-hydrogen) atoms. The van der Waals surface area contributed by atoms with Crippen molar-refractivity contribution < 1.29 is 0 Å². The average Bonchev–Trinajstić information content (AvgIpc) is 2.26. The summed E-state index contributed by atoms with van der Waals surface area (Å²) in [4.78, 5) is 0. The minimum atomic E-state index is 0.309. The first-order chi connectivity index (χ1) is 7.33. The second-order valence-corrected chi connectivity index (χ2v) is 4.75. The first kappa shape index (κ1) is 12.6. The highest BCUT2D eigenvalue weighted by Crippen LogP contribution is 2.15. The Balaban J connectivity index is 2.16. The summed E-state index contributed by atoms with van der Waals surface area (Å²) < 4.78 is 0. The van der Waals surface area contributed by atoms with E-state index in [1.54, 1.807) is 0 Å². The van der Waals surface area contributed by atoms with Gasteiger partial charge in [-0.1, -0.05) is 62.9 Å². The molecule has 0 saturated carbocycles. The van der Waals surface area contributed by atoms with Crippen molar-refractivity contribution in [3.63, 3.8) is 0 Å². The molecule has 1 aromatic carbocycles. The number of rotatable bonds is 7. The predicted molar refractivity (Wildman–Crippen MR) is 68.5 cm³/mol. The lowest BCUT2D eigenvalue weighted by atomic mass is 10.0. The van der Waals surface area contributed by atoms with E-state index in [0.717, 1.165) is 12.8 Å². The molecule has 1 unspecified atom stereocenters. The van der Waals surface area contributed by atoms with Crippen LogP contribution >= 0.6 is 11.6 Å². The van der Waals surface area contributed by atoms with Crippen molar-refractivity contribution in [1.82, 2.24) is 0 Å². The molecule has 0 nitrogen and oxygen atoms in total. The molecule has 0 aliphatic carbocycles. The molecule has 0 aliphatic rings. The van der Waals surface area contributed by atoms with Crippen molar-refractivity contribution in [2.75, 3.05) is 0 Å². The third kappa shape index (κ3) is 5.84. The zero-order chi connectivity index (χ0) is 10.9. The summed E-state index contributed by atoms with van der Waals surface area (Å²) in [5, 5.41) is 0.309. The van der Waals surface area contributed by atoms with Crippen LogP contribution in [0.25, 0.3) is 0 Å². The average molecular weight is 225 g/mol. The van der Waals surface area contributed by atoms with Gasteiger partial charge in [0.2, 0.25) is 0 Å². The molecule has 0 amide bonds. The molecule has 84 valence electrons. The van der Waals surface area contributed by atoms with Crippen LogP contribution in [0.3, 0.4) is 0 Å². The van der Waals surface area contributed by atoms with Gasteiger partial charge in [-0.15, -0.1) is 11.6 Å². The van der Waals surface area contributed by atoms with Gasteiger partial charge in [-0.25, -0.2) is 0 Å². The van der Waals surface area contributed by atoms with Gasteiger partial charge in [0.15, 0.2) is 0 Å². The Labute approximate surface area is 98.7 Å². The lowest BCUT2D eigenvalue weighted by molar-refractivity contribution is 0.612. The quantitative estimate of drug-likeness (QED) is 0.461. The number of alkyl halides is 1. The van der Waals surface area contributed by atoms with Gasteiger partial charge in [-0.2, -0.15) is 0 Å². The van der Waals surface area contributed by atoms with Gasteiger partial charge in [0.1, 0.15) is 0 Å². The van der Waals surface area contributed by atoms with E-state index in [9.17, 15) is 0 Å². The van der Waals surface area contributed by atoms with Crippen LogP contribution < -0.4 is 0 Å². The zero-order valence-electron chi connectivity index (χ0n) is 9.58. The van der Waals surface area contributed by atoms with Gasteiger partial charge >= 0.3 is 0 Å². The van der Waals surface area contributed by atoms with Crippen LogP contribution in [0, 0.1) is 0 Å². The van der Waals surface area contributed by atoms with Crippen LogP contribution in [0.5, 0.6) is 0 Å². The molecule has 0 fully saturated rings. The zero-order valence-corrected chi connectivity index (χ0v) is 10.3. The van der Waals surface area contributed by atoms with Gasteiger partial charge in [-0.05, 0) is 18.4 Å². The molecule has 1 atom stereocenters. The number of hydrogen-bond donors (Lipinski definition) is 0. The van der Waals surface area contributed by atoms with Crippen LogP contribution in [0.4, 0.5) is 0 Å². The fraction of sp³-hybridized carbons (Fsp3) is 0.571. The molecule has 0 heterocycles. The second kappa shape index (κ2) is 7.76. The van der Waals surface area contributed by atoms with Crippen molar-refractivity contribution in [1.29, 1.82) is 0 Å². The van der Waals surface area contributed by atoms with Crippen molar-refractivity contribution in [2.45, 2.75) is 50.8 Å². The van der Waals surface area contributed by atoms with Crippen LogP contribution in [0.2, 0.25) is 0 Å². The Kier molecular flexibility index (Phi) is 6.50. The van der Waals surface area contributed by atoms with Crippen LogP contribution in [-0.2, 0) is 6.42 Å². The topological polar surface area (TPSA) is 0 Å². The van der Waals surface area contributed by atoms with Crippen LogP contribution in [0.15, 0.2) is 30.3 Å². The Bertz CT molecular complexity index is 243. The van der Waals surface area contributed by atoms with E-state index in [1.165, 1.54) is 31.2 Å². The number of unbranched alkanes of at least 4 members (excludes halogenated alkanes) is 3. The van der Waals surface area contributed by atoms with Gasteiger partial charge in [-0.3, -0.25) is 0 Å². The molecule has 0 aliphatic heterocycles. The molecule has 0 radical (unpaired) electrons. The van der Waals surface area contributed by atoms with Crippen LogP contribution in [0.1, 0.15) is 44.6 Å². The van der Waals surface area contributed by atoms with E-state index in [0.29, 0.717) is 5.38 Å². The van der Waals surface area contributed by atoms with E-state index >= 15 is 0 Å². The first-order valence-electron chi connectivity index (χ1n) is 6.01. The molecule has 0 bridgehead atoms. The van der Waals surface area contributed by atoms with E-state index < -0.39 is 0 Å². The monoisotopic (exact) mass is 224 g/mol. The Hall–Kier alpha value is -0.490. The third-order valence-corrected chi connectivity index (χ3v) is 3.04. The molecule has 1 rings (SSSR count). The van der Waals surface area contributed by atoms with Gasteiger partial charge in [0.25, 0.3) is 0 Å². The highest BCUT2D eigenvalue weighted by Gasteiger charge is 2.04. The van der Waals surface area contributed by atoms with Crippen molar-refractivity contribution in [3.8, 4) is 0 Å². The van der Waals surface area contributed by atoms with E-state index in [-0.39, 0.29) is 0 Å². The minimum Gasteiger partial charge on any atom is -0.123 e. The lowest BCUT2D eigenvalue weighted by Gasteiger charge is -2.08. The highest BCUT2D eigenvalue weighted by atomic mass is 35.5. The highest BCUT2D eigenvalue weighted by molar-refractivity contribution is 6.20. The number of benzene rings is 1. The maximum absolute atomic E-state index is 6.29. The van der Waals surface area contributed by atoms with Gasteiger partial charge in [0, 0.05) is 5.38 Å². The Morgan fingerprint density at radius 3 is 2.47 bits per heavy atom. The minimum absolute atomic E-state index is 0.309. The molecular weight excluding hydrogens is 204 g/mol. The molecule has 1 heteroatoms. The number of hydrogen-bond acceptors (Lipinski definition) is 0. The van der Waals surface area contributed by atoms with E-state index in [4.69, 9.17) is 11.6 Å². The number of halogens is 1. The molecule has 0 saturated heterocycles. The van der Waals surface area contributed by atoms with Gasteiger partial charge in [0.05, 0.1) is 0 Å². The molecule has 0 aromatic heterocycles. The normalized spacial score (nSPS) is 12.7. The lowest BCUT2D eigenvalue weighted by Crippen LogP contribution is -2.03. The molecule has 0 N–H and O–H groups in total. The maximum atomic E-state index is 6.29. The van der Waals surface area contributed by atoms with Crippen molar-refractivity contribution in [3.05, 3.63) is 35.9 Å². The Morgan fingerprint density at radius 1 is 1.07 bits per heavy atom. The summed E-state index contributed by atoms with van der Waals surface area (Å²) >= 11 is 6.29.